The van der Waals surface area contributed by atoms with Crippen LogP contribution in [0.5, 0.6) is 0 Å². The number of allylic oxidation sites excluding steroid dienone is 4. The van der Waals surface area contributed by atoms with Gasteiger partial charge in [-0.25, -0.2) is 16.8 Å². The number of rotatable bonds is 8. The Kier molecular flexibility index (Phi) is 19.4. The molecule has 0 saturated carbocycles. The van der Waals surface area contributed by atoms with Gasteiger partial charge in [-0.1, -0.05) is 99.7 Å². The number of aryl methyl sites for hydroxylation is 2. The Bertz CT molecular complexity index is 591. The molecule has 1 aromatic carbocycles. The van der Waals surface area contributed by atoms with Gasteiger partial charge >= 0.3 is 21.7 Å². The largest absolute Gasteiger partial charge is 4.00 e. The van der Waals surface area contributed by atoms with Crippen LogP contribution < -0.4 is 42.4 Å². The molecule has 1 unspecified atom stereocenters. The Hall–Kier alpha value is 0.501. The molecule has 1 aromatic rings. The standard InChI is InChI=1S/C22H33Si.3ClH.Ti/c1-6-8-9-10-19-14-21(18(5)7-2)22(15-19)23-20-12-16(3)11-17(4)13-20;;;;/h11-13,18H,6-10,15,23H2,1-5H3;3*1H;/q-1;;;;+4/p-3. The first-order valence-electron chi connectivity index (χ1n) is 9.44. The minimum absolute atomic E-state index is 0. The van der Waals surface area contributed by atoms with Crippen LogP contribution in [-0.4, -0.2) is 9.52 Å². The van der Waals surface area contributed by atoms with Crippen molar-refractivity contribution < 1.29 is 58.9 Å². The van der Waals surface area contributed by atoms with Crippen LogP contribution in [0.3, 0.4) is 0 Å². The molecule has 0 nitrogen and oxygen atoms in total. The normalized spacial score (nSPS) is 14.0. The van der Waals surface area contributed by atoms with Gasteiger partial charge in [-0.15, -0.1) is 0 Å². The van der Waals surface area contributed by atoms with Gasteiger partial charge in [-0.05, 0) is 23.4 Å². The third kappa shape index (κ3) is 10.2. The minimum Gasteiger partial charge on any atom is -1.00 e. The average Bonchev–Trinajstić information content (AvgIpc) is 2.88. The molecule has 0 aliphatic heterocycles. The predicted octanol–water partition coefficient (Wildman–Crippen LogP) is -3.88. The summed E-state index contributed by atoms with van der Waals surface area (Å²) in [5.74, 6) is 0.673. The summed E-state index contributed by atoms with van der Waals surface area (Å²) in [6.07, 6.45) is 11.6. The molecule has 0 aromatic heterocycles. The van der Waals surface area contributed by atoms with Crippen molar-refractivity contribution in [3.05, 3.63) is 51.7 Å². The molecule has 0 spiro atoms. The SMILES string of the molecule is CCCCCC1=[C-]C(C(C)CC)=C([SiH2]c2cc(C)cc(C)c2)C1.[Cl-].[Cl-].[Cl-].[Ti+4]. The first-order valence-corrected chi connectivity index (χ1v) is 10.9. The number of benzene rings is 1. The van der Waals surface area contributed by atoms with Gasteiger partial charge in [0, 0.05) is 0 Å². The van der Waals surface area contributed by atoms with Crippen LogP contribution >= 0.6 is 0 Å². The third-order valence-electron chi connectivity index (χ3n) is 5.01. The van der Waals surface area contributed by atoms with Gasteiger partial charge in [0.1, 0.15) is 0 Å². The van der Waals surface area contributed by atoms with E-state index < -0.39 is 0 Å². The van der Waals surface area contributed by atoms with E-state index in [-0.39, 0.29) is 68.5 Å². The second kappa shape index (κ2) is 16.3. The summed E-state index contributed by atoms with van der Waals surface area (Å²) in [5.41, 5.74) is 5.98. The van der Waals surface area contributed by atoms with E-state index >= 15 is 0 Å². The van der Waals surface area contributed by atoms with E-state index in [2.05, 4.69) is 58.9 Å². The zero-order valence-corrected chi connectivity index (χ0v) is 22.6. The molecule has 0 saturated heterocycles. The molecule has 0 radical (unpaired) electrons. The van der Waals surface area contributed by atoms with Crippen LogP contribution in [-0.2, 0) is 21.7 Å². The Morgan fingerprint density at radius 3 is 2.11 bits per heavy atom. The second-order valence-electron chi connectivity index (χ2n) is 7.36. The molecule has 0 heterocycles. The summed E-state index contributed by atoms with van der Waals surface area (Å²) in [6.45, 7) is 11.4. The molecule has 1 atom stereocenters. The van der Waals surface area contributed by atoms with E-state index in [1.165, 1.54) is 49.7 Å². The molecular formula is C22H33Cl3SiTi. The van der Waals surface area contributed by atoms with Gasteiger partial charge < -0.3 is 37.2 Å². The molecule has 27 heavy (non-hydrogen) atoms. The van der Waals surface area contributed by atoms with Crippen molar-refractivity contribution in [1.29, 1.82) is 0 Å². The molecule has 150 valence electrons. The molecule has 1 aliphatic carbocycles. The van der Waals surface area contributed by atoms with Crippen molar-refractivity contribution >= 4 is 14.7 Å². The topological polar surface area (TPSA) is 0 Å². The van der Waals surface area contributed by atoms with Gasteiger partial charge in [0.15, 0.2) is 0 Å². The molecule has 0 bridgehead atoms. The van der Waals surface area contributed by atoms with Crippen molar-refractivity contribution in [2.45, 2.75) is 73.1 Å². The average molecular weight is 480 g/mol. The molecule has 2 rings (SSSR count). The summed E-state index contributed by atoms with van der Waals surface area (Å²) < 4.78 is 0. The first kappa shape index (κ1) is 32.2. The zero-order chi connectivity index (χ0) is 16.8. The van der Waals surface area contributed by atoms with Gasteiger partial charge in [0.05, 0.1) is 0 Å². The quantitative estimate of drug-likeness (QED) is 0.203. The van der Waals surface area contributed by atoms with Gasteiger partial charge in [0.25, 0.3) is 0 Å². The van der Waals surface area contributed by atoms with E-state index in [9.17, 15) is 0 Å². The number of hydrogen-bond donors (Lipinski definition) is 0. The van der Waals surface area contributed by atoms with Crippen LogP contribution in [0.4, 0.5) is 0 Å². The van der Waals surface area contributed by atoms with Crippen molar-refractivity contribution in [1.82, 2.24) is 0 Å². The maximum Gasteiger partial charge on any atom is 4.00 e. The van der Waals surface area contributed by atoms with Crippen LogP contribution in [0.25, 0.3) is 0 Å². The fraction of sp³-hybridized carbons (Fsp3) is 0.545. The van der Waals surface area contributed by atoms with Gasteiger partial charge in [-0.3, -0.25) is 0 Å². The second-order valence-corrected chi connectivity index (χ2v) is 9.39. The van der Waals surface area contributed by atoms with Crippen molar-refractivity contribution in [2.24, 2.45) is 5.92 Å². The van der Waals surface area contributed by atoms with Crippen LogP contribution in [0.2, 0.25) is 0 Å². The third-order valence-corrected chi connectivity index (χ3v) is 6.88. The van der Waals surface area contributed by atoms with Gasteiger partial charge in [0.2, 0.25) is 0 Å². The molecular weight excluding hydrogens is 447 g/mol. The van der Waals surface area contributed by atoms with Gasteiger partial charge in [-0.2, -0.15) is 5.57 Å². The number of unbranched alkanes of at least 4 members (excludes halogenated alkanes) is 2. The summed E-state index contributed by atoms with van der Waals surface area (Å²) in [7, 11) is -0.341. The van der Waals surface area contributed by atoms with Crippen LogP contribution in [0, 0.1) is 25.8 Å². The Morgan fingerprint density at radius 1 is 1.00 bits per heavy atom. The van der Waals surface area contributed by atoms with Crippen LogP contribution in [0.1, 0.15) is 70.4 Å². The van der Waals surface area contributed by atoms with E-state index in [1.54, 1.807) is 21.5 Å². The summed E-state index contributed by atoms with van der Waals surface area (Å²) in [4.78, 5) is 0. The smallest absolute Gasteiger partial charge is 1.00 e. The predicted molar refractivity (Wildman–Crippen MR) is 106 cm³/mol. The van der Waals surface area contributed by atoms with Crippen molar-refractivity contribution in [3.8, 4) is 0 Å². The van der Waals surface area contributed by atoms with E-state index in [0.29, 0.717) is 5.92 Å². The maximum atomic E-state index is 3.83. The van der Waals surface area contributed by atoms with E-state index in [4.69, 9.17) is 0 Å². The maximum absolute atomic E-state index is 3.83. The van der Waals surface area contributed by atoms with Crippen molar-refractivity contribution in [3.63, 3.8) is 0 Å². The fourth-order valence-electron chi connectivity index (χ4n) is 3.67. The van der Waals surface area contributed by atoms with E-state index in [1.807, 2.05) is 0 Å². The summed E-state index contributed by atoms with van der Waals surface area (Å²) in [6, 6.07) is 7.11. The zero-order valence-electron chi connectivity index (χ0n) is 17.4. The summed E-state index contributed by atoms with van der Waals surface area (Å²) in [5, 5.41) is 3.37. The molecule has 0 amide bonds. The van der Waals surface area contributed by atoms with E-state index in [0.717, 1.165) is 0 Å². The Morgan fingerprint density at radius 2 is 1.59 bits per heavy atom. The summed E-state index contributed by atoms with van der Waals surface area (Å²) >= 11 is 0. The fourth-order valence-corrected chi connectivity index (χ4v) is 6.06. The minimum atomic E-state index is -0.341. The Labute approximate surface area is 203 Å². The number of halogens is 3. The van der Waals surface area contributed by atoms with Crippen molar-refractivity contribution in [2.75, 3.05) is 0 Å². The molecule has 5 heteroatoms. The Balaban J connectivity index is -0.00000144. The molecule has 0 fully saturated rings. The molecule has 0 N–H and O–H groups in total. The first-order chi connectivity index (χ1) is 11.0. The van der Waals surface area contributed by atoms with Crippen LogP contribution in [0.15, 0.2) is 34.5 Å². The molecule has 1 aliphatic rings. The monoisotopic (exact) mass is 478 g/mol. The number of hydrogen-bond acceptors (Lipinski definition) is 0.